The molecule has 0 saturated heterocycles. The molecule has 3 rings (SSSR count). The summed E-state index contributed by atoms with van der Waals surface area (Å²) in [7, 11) is 1.30. The molecule has 0 spiro atoms. The van der Waals surface area contributed by atoms with E-state index >= 15 is 0 Å². The van der Waals surface area contributed by atoms with Gasteiger partial charge in [-0.3, -0.25) is 9.48 Å². The maximum Gasteiger partial charge on any atom is 0.435 e. The lowest BCUT2D eigenvalue weighted by Crippen LogP contribution is -2.18. The first kappa shape index (κ1) is 19.0. The highest BCUT2D eigenvalue weighted by Gasteiger charge is 2.39. The average Bonchev–Trinajstić information content (AvgIpc) is 3.06. The van der Waals surface area contributed by atoms with E-state index in [0.29, 0.717) is 11.3 Å². The van der Waals surface area contributed by atoms with Gasteiger partial charge in [0.25, 0.3) is 5.91 Å². The van der Waals surface area contributed by atoms with E-state index in [9.17, 15) is 18.0 Å². The van der Waals surface area contributed by atoms with Gasteiger partial charge in [-0.2, -0.15) is 23.5 Å². The molecule has 2 aromatic carbocycles. The Morgan fingerprint density at radius 2 is 1.86 bits per heavy atom. The number of rotatable bonds is 4. The average molecular weight is 386 g/mol. The summed E-state index contributed by atoms with van der Waals surface area (Å²) in [5.74, 6) is -0.327. The van der Waals surface area contributed by atoms with Crippen LogP contribution in [0.25, 0.3) is 0 Å². The number of ether oxygens (including phenoxy) is 1. The molecule has 0 aliphatic heterocycles. The van der Waals surface area contributed by atoms with Crippen molar-refractivity contribution in [1.82, 2.24) is 9.78 Å². The van der Waals surface area contributed by atoms with E-state index in [0.717, 1.165) is 10.9 Å². The number of para-hydroxylation sites is 2. The Kier molecular flexibility index (Phi) is 5.04. The second-order valence-electron chi connectivity index (χ2n) is 5.75. The Balaban J connectivity index is 1.86. The summed E-state index contributed by atoms with van der Waals surface area (Å²) in [6.45, 7) is 0. The monoisotopic (exact) mass is 386 g/mol. The third-order valence-electron chi connectivity index (χ3n) is 3.69. The molecule has 0 saturated carbocycles. The Labute approximate surface area is 157 Å². The van der Waals surface area contributed by atoms with Crippen molar-refractivity contribution in [1.29, 1.82) is 5.26 Å². The predicted octanol–water partition coefficient (Wildman–Crippen LogP) is 4.36. The molecule has 0 radical (unpaired) electrons. The lowest BCUT2D eigenvalue weighted by atomic mass is 10.2. The van der Waals surface area contributed by atoms with Crippen molar-refractivity contribution in [2.45, 2.75) is 6.18 Å². The highest BCUT2D eigenvalue weighted by molar-refractivity contribution is 6.05. The summed E-state index contributed by atoms with van der Waals surface area (Å²) >= 11 is 0. The molecule has 0 unspecified atom stereocenters. The SMILES string of the molecule is Cn1cc(C(=O)Nc2ccccc2Oc2ccc(C#N)cc2)c(C(F)(F)F)n1. The van der Waals surface area contributed by atoms with Gasteiger partial charge in [0.1, 0.15) is 5.75 Å². The van der Waals surface area contributed by atoms with Gasteiger partial charge in [-0.15, -0.1) is 0 Å². The number of amides is 1. The summed E-state index contributed by atoms with van der Waals surface area (Å²) in [6, 6.07) is 14.6. The van der Waals surface area contributed by atoms with Crippen LogP contribution in [-0.2, 0) is 13.2 Å². The number of nitrogens with one attached hydrogen (secondary N) is 1. The summed E-state index contributed by atoms with van der Waals surface area (Å²) < 4.78 is 45.9. The number of benzene rings is 2. The predicted molar refractivity (Wildman–Crippen MR) is 93.8 cm³/mol. The van der Waals surface area contributed by atoms with E-state index in [1.807, 2.05) is 6.07 Å². The fourth-order valence-electron chi connectivity index (χ4n) is 2.44. The molecule has 1 heterocycles. The van der Waals surface area contributed by atoms with E-state index in [-0.39, 0.29) is 11.4 Å². The largest absolute Gasteiger partial charge is 0.455 e. The highest BCUT2D eigenvalue weighted by Crippen LogP contribution is 2.33. The maximum atomic E-state index is 13.1. The number of anilines is 1. The van der Waals surface area contributed by atoms with Gasteiger partial charge >= 0.3 is 6.18 Å². The number of hydrogen-bond acceptors (Lipinski definition) is 4. The minimum atomic E-state index is -4.76. The van der Waals surface area contributed by atoms with Crippen LogP contribution < -0.4 is 10.1 Å². The van der Waals surface area contributed by atoms with E-state index in [1.54, 1.807) is 42.5 Å². The van der Waals surface area contributed by atoms with Crippen LogP contribution in [0.2, 0.25) is 0 Å². The fraction of sp³-hybridized carbons (Fsp3) is 0.105. The van der Waals surface area contributed by atoms with Crippen molar-refractivity contribution in [3.05, 3.63) is 71.5 Å². The Morgan fingerprint density at radius 1 is 1.18 bits per heavy atom. The van der Waals surface area contributed by atoms with E-state index in [4.69, 9.17) is 10.00 Å². The molecule has 9 heteroatoms. The number of halogens is 3. The lowest BCUT2D eigenvalue weighted by molar-refractivity contribution is -0.141. The Bertz CT molecular complexity index is 1050. The molecule has 6 nitrogen and oxygen atoms in total. The van der Waals surface area contributed by atoms with Crippen molar-refractivity contribution in [3.8, 4) is 17.6 Å². The zero-order chi connectivity index (χ0) is 20.3. The van der Waals surface area contributed by atoms with Gasteiger partial charge < -0.3 is 10.1 Å². The number of hydrogen-bond donors (Lipinski definition) is 1. The van der Waals surface area contributed by atoms with Crippen molar-refractivity contribution >= 4 is 11.6 Å². The van der Waals surface area contributed by atoms with E-state index < -0.39 is 23.3 Å². The third-order valence-corrected chi connectivity index (χ3v) is 3.69. The summed E-state index contributed by atoms with van der Waals surface area (Å²) in [4.78, 5) is 12.4. The number of nitriles is 1. The van der Waals surface area contributed by atoms with Crippen LogP contribution in [0.4, 0.5) is 18.9 Å². The topological polar surface area (TPSA) is 79.9 Å². The van der Waals surface area contributed by atoms with Crippen LogP contribution in [0.15, 0.2) is 54.7 Å². The van der Waals surface area contributed by atoms with Crippen molar-refractivity contribution in [2.24, 2.45) is 7.05 Å². The number of carbonyl (C=O) groups is 1. The Morgan fingerprint density at radius 3 is 2.50 bits per heavy atom. The Hall–Kier alpha value is -3.80. The molecular weight excluding hydrogens is 373 g/mol. The minimum Gasteiger partial charge on any atom is -0.455 e. The van der Waals surface area contributed by atoms with Gasteiger partial charge in [-0.25, -0.2) is 0 Å². The first-order chi connectivity index (χ1) is 13.3. The van der Waals surface area contributed by atoms with Crippen molar-refractivity contribution < 1.29 is 22.7 Å². The van der Waals surface area contributed by atoms with Crippen molar-refractivity contribution in [2.75, 3.05) is 5.32 Å². The number of carbonyl (C=O) groups excluding carboxylic acids is 1. The van der Waals surface area contributed by atoms with Gasteiger partial charge in [0, 0.05) is 13.2 Å². The van der Waals surface area contributed by atoms with Crippen LogP contribution >= 0.6 is 0 Å². The normalized spacial score (nSPS) is 11.0. The van der Waals surface area contributed by atoms with Gasteiger partial charge in [0.05, 0.1) is 22.9 Å². The molecule has 1 amide bonds. The molecule has 142 valence electrons. The van der Waals surface area contributed by atoms with Gasteiger partial charge in [-0.1, -0.05) is 12.1 Å². The summed E-state index contributed by atoms with van der Waals surface area (Å²) in [5.41, 5.74) is -1.22. The molecule has 28 heavy (non-hydrogen) atoms. The molecule has 1 aromatic heterocycles. The van der Waals surface area contributed by atoms with E-state index in [2.05, 4.69) is 10.4 Å². The molecule has 1 N–H and O–H groups in total. The van der Waals surface area contributed by atoms with Gasteiger partial charge in [-0.05, 0) is 36.4 Å². The molecular formula is C19H13F3N4O2. The molecule has 3 aromatic rings. The maximum absolute atomic E-state index is 13.1. The van der Waals surface area contributed by atoms with Crippen LogP contribution in [0.1, 0.15) is 21.6 Å². The first-order valence-electron chi connectivity index (χ1n) is 7.97. The lowest BCUT2D eigenvalue weighted by Gasteiger charge is -2.12. The van der Waals surface area contributed by atoms with Gasteiger partial charge in [0.15, 0.2) is 11.4 Å². The number of nitrogens with zero attached hydrogens (tertiary/aromatic N) is 3. The highest BCUT2D eigenvalue weighted by atomic mass is 19.4. The molecule has 0 bridgehead atoms. The van der Waals surface area contributed by atoms with Crippen LogP contribution in [0.5, 0.6) is 11.5 Å². The fourth-order valence-corrected chi connectivity index (χ4v) is 2.44. The second kappa shape index (κ2) is 7.44. The standard InChI is InChI=1S/C19H13F3N4O2/c1-26-11-14(17(25-26)19(20,21)22)18(27)24-15-4-2-3-5-16(15)28-13-8-6-12(10-23)7-9-13/h2-9,11H,1H3,(H,24,27). The number of alkyl halides is 3. The molecule has 0 fully saturated rings. The molecule has 0 aliphatic rings. The number of aromatic nitrogens is 2. The van der Waals surface area contributed by atoms with Crippen LogP contribution in [-0.4, -0.2) is 15.7 Å². The third kappa shape index (κ3) is 4.12. The van der Waals surface area contributed by atoms with E-state index in [1.165, 1.54) is 13.1 Å². The minimum absolute atomic E-state index is 0.189. The zero-order valence-corrected chi connectivity index (χ0v) is 14.5. The smallest absolute Gasteiger partial charge is 0.435 e. The van der Waals surface area contributed by atoms with Crippen LogP contribution in [0.3, 0.4) is 0 Å². The quantitative estimate of drug-likeness (QED) is 0.723. The van der Waals surface area contributed by atoms with Crippen molar-refractivity contribution in [3.63, 3.8) is 0 Å². The summed E-state index contributed by atoms with van der Waals surface area (Å²) in [6.07, 6.45) is -3.76. The van der Waals surface area contributed by atoms with Gasteiger partial charge in [0.2, 0.25) is 0 Å². The molecule has 0 aliphatic carbocycles. The second-order valence-corrected chi connectivity index (χ2v) is 5.75. The van der Waals surface area contributed by atoms with Crippen LogP contribution in [0, 0.1) is 11.3 Å². The molecule has 0 atom stereocenters. The number of aryl methyl sites for hydroxylation is 1. The summed E-state index contributed by atoms with van der Waals surface area (Å²) in [5, 5.41) is 14.6. The first-order valence-corrected chi connectivity index (χ1v) is 7.97. The zero-order valence-electron chi connectivity index (χ0n) is 14.5.